The molecule has 92 valence electrons. The van der Waals surface area contributed by atoms with Crippen LogP contribution in [0.2, 0.25) is 0 Å². The molecule has 0 aliphatic carbocycles. The zero-order chi connectivity index (χ0) is 12.1. The Kier molecular flexibility index (Phi) is 3.82. The van der Waals surface area contributed by atoms with Gasteiger partial charge in [0.05, 0.1) is 13.2 Å². The second-order valence-corrected chi connectivity index (χ2v) is 3.92. The molecule has 1 heterocycles. The molecule has 0 radical (unpaired) electrons. The second kappa shape index (κ2) is 5.54. The molecule has 2 N–H and O–H groups in total. The molecular formula is C12H16N2O3. The van der Waals surface area contributed by atoms with E-state index >= 15 is 0 Å². The average molecular weight is 236 g/mol. The van der Waals surface area contributed by atoms with Crippen LogP contribution in [0.15, 0.2) is 24.3 Å². The van der Waals surface area contributed by atoms with E-state index in [9.17, 15) is 4.79 Å². The van der Waals surface area contributed by atoms with Gasteiger partial charge >= 0.3 is 6.09 Å². The van der Waals surface area contributed by atoms with Crippen molar-refractivity contribution in [3.05, 3.63) is 29.8 Å². The summed E-state index contributed by atoms with van der Waals surface area (Å²) in [5.41, 5.74) is 2.12. The molecule has 0 atom stereocenters. The van der Waals surface area contributed by atoms with Gasteiger partial charge in [-0.25, -0.2) is 4.79 Å². The largest absolute Gasteiger partial charge is 0.465 e. The van der Waals surface area contributed by atoms with Gasteiger partial charge in [0, 0.05) is 25.3 Å². The number of ether oxygens (including phenoxy) is 1. The molecule has 1 aliphatic heterocycles. The quantitative estimate of drug-likeness (QED) is 0.830. The highest BCUT2D eigenvalue weighted by Gasteiger charge is 2.10. The molecule has 1 fully saturated rings. The molecule has 1 aliphatic rings. The third-order valence-electron chi connectivity index (χ3n) is 2.76. The van der Waals surface area contributed by atoms with Gasteiger partial charge in [0.1, 0.15) is 0 Å². The number of anilines is 1. The lowest BCUT2D eigenvalue weighted by Crippen LogP contribution is -2.36. The van der Waals surface area contributed by atoms with Crippen molar-refractivity contribution in [2.45, 2.75) is 6.54 Å². The van der Waals surface area contributed by atoms with Crippen molar-refractivity contribution in [2.75, 3.05) is 31.2 Å². The first kappa shape index (κ1) is 11.7. The number of hydrogen-bond acceptors (Lipinski definition) is 3. The van der Waals surface area contributed by atoms with Crippen molar-refractivity contribution in [1.29, 1.82) is 0 Å². The molecule has 0 unspecified atom stereocenters. The highest BCUT2D eigenvalue weighted by atomic mass is 16.5. The highest BCUT2D eigenvalue weighted by Crippen LogP contribution is 2.16. The Bertz CT molecular complexity index is 372. The van der Waals surface area contributed by atoms with Gasteiger partial charge in [-0.15, -0.1) is 0 Å². The SMILES string of the molecule is O=C(O)NCc1ccc(N2CCOCC2)cc1. The molecule has 2 rings (SSSR count). The molecular weight excluding hydrogens is 220 g/mol. The minimum Gasteiger partial charge on any atom is -0.465 e. The minimum atomic E-state index is -0.998. The van der Waals surface area contributed by atoms with E-state index < -0.39 is 6.09 Å². The summed E-state index contributed by atoms with van der Waals surface area (Å²) in [6.45, 7) is 3.70. The molecule has 0 bridgehead atoms. The fraction of sp³-hybridized carbons (Fsp3) is 0.417. The van der Waals surface area contributed by atoms with Crippen molar-refractivity contribution in [3.63, 3.8) is 0 Å². The molecule has 5 heteroatoms. The molecule has 5 nitrogen and oxygen atoms in total. The van der Waals surface area contributed by atoms with Crippen molar-refractivity contribution < 1.29 is 14.6 Å². The van der Waals surface area contributed by atoms with Crippen molar-refractivity contribution in [2.24, 2.45) is 0 Å². The zero-order valence-corrected chi connectivity index (χ0v) is 9.56. The van der Waals surface area contributed by atoms with E-state index in [2.05, 4.69) is 10.2 Å². The van der Waals surface area contributed by atoms with Crippen LogP contribution in [0.25, 0.3) is 0 Å². The van der Waals surface area contributed by atoms with Crippen molar-refractivity contribution >= 4 is 11.8 Å². The summed E-state index contributed by atoms with van der Waals surface area (Å²) in [6, 6.07) is 7.93. The smallest absolute Gasteiger partial charge is 0.404 e. The lowest BCUT2D eigenvalue weighted by molar-refractivity contribution is 0.122. The lowest BCUT2D eigenvalue weighted by Gasteiger charge is -2.28. The summed E-state index contributed by atoms with van der Waals surface area (Å²) in [4.78, 5) is 12.6. The van der Waals surface area contributed by atoms with E-state index in [4.69, 9.17) is 9.84 Å². The zero-order valence-electron chi connectivity index (χ0n) is 9.56. The first-order chi connectivity index (χ1) is 8.25. The number of carboxylic acid groups (broad SMARTS) is 1. The molecule has 17 heavy (non-hydrogen) atoms. The van der Waals surface area contributed by atoms with Crippen LogP contribution in [-0.4, -0.2) is 37.5 Å². The molecule has 0 spiro atoms. The van der Waals surface area contributed by atoms with Crippen LogP contribution < -0.4 is 10.2 Å². The van der Waals surface area contributed by atoms with Gasteiger partial charge in [-0.2, -0.15) is 0 Å². The molecule has 0 saturated carbocycles. The Morgan fingerprint density at radius 2 is 1.94 bits per heavy atom. The number of rotatable bonds is 3. The number of nitrogens with zero attached hydrogens (tertiary/aromatic N) is 1. The van der Waals surface area contributed by atoms with E-state index in [1.54, 1.807) is 0 Å². The number of carbonyl (C=O) groups is 1. The van der Waals surface area contributed by atoms with Crippen molar-refractivity contribution in [3.8, 4) is 0 Å². The summed E-state index contributed by atoms with van der Waals surface area (Å²) in [6.07, 6.45) is -0.998. The summed E-state index contributed by atoms with van der Waals surface area (Å²) >= 11 is 0. The van der Waals surface area contributed by atoms with Crippen molar-refractivity contribution in [1.82, 2.24) is 5.32 Å². The number of hydrogen-bond donors (Lipinski definition) is 2. The second-order valence-electron chi connectivity index (χ2n) is 3.92. The molecule has 1 saturated heterocycles. The van der Waals surface area contributed by atoms with Gasteiger partial charge in [0.15, 0.2) is 0 Å². The Hall–Kier alpha value is -1.75. The van der Waals surface area contributed by atoms with Crippen LogP contribution in [0.1, 0.15) is 5.56 Å². The highest BCUT2D eigenvalue weighted by molar-refractivity contribution is 5.64. The average Bonchev–Trinajstić information content (AvgIpc) is 2.38. The standard InChI is InChI=1S/C12H16N2O3/c15-12(16)13-9-10-1-3-11(4-2-10)14-5-7-17-8-6-14/h1-4,13H,5-9H2,(H,15,16). The Morgan fingerprint density at radius 3 is 2.53 bits per heavy atom. The van der Waals surface area contributed by atoms with E-state index in [1.807, 2.05) is 24.3 Å². The minimum absolute atomic E-state index is 0.346. The predicted molar refractivity (Wildman–Crippen MR) is 64.3 cm³/mol. The maximum atomic E-state index is 10.4. The van der Waals surface area contributed by atoms with Crippen LogP contribution in [-0.2, 0) is 11.3 Å². The third-order valence-corrected chi connectivity index (χ3v) is 2.76. The Labute approximate surface area is 100.0 Å². The topological polar surface area (TPSA) is 61.8 Å². The number of amides is 1. The van der Waals surface area contributed by atoms with E-state index in [1.165, 1.54) is 0 Å². The van der Waals surface area contributed by atoms with Gasteiger partial charge in [-0.05, 0) is 17.7 Å². The van der Waals surface area contributed by atoms with Gasteiger partial charge in [0.25, 0.3) is 0 Å². The van der Waals surface area contributed by atoms with E-state index in [0.717, 1.165) is 37.6 Å². The van der Waals surface area contributed by atoms with Gasteiger partial charge < -0.3 is 20.1 Å². The number of morpholine rings is 1. The fourth-order valence-corrected chi connectivity index (χ4v) is 1.82. The lowest BCUT2D eigenvalue weighted by atomic mass is 10.2. The summed E-state index contributed by atoms with van der Waals surface area (Å²) in [7, 11) is 0. The van der Waals surface area contributed by atoms with Crippen LogP contribution in [0, 0.1) is 0 Å². The van der Waals surface area contributed by atoms with Crippen LogP contribution in [0.3, 0.4) is 0 Å². The van der Waals surface area contributed by atoms with Gasteiger partial charge in [-0.3, -0.25) is 0 Å². The maximum Gasteiger partial charge on any atom is 0.404 e. The monoisotopic (exact) mass is 236 g/mol. The normalized spacial score (nSPS) is 15.6. The van der Waals surface area contributed by atoms with E-state index in [-0.39, 0.29) is 0 Å². The molecule has 1 amide bonds. The Balaban J connectivity index is 1.94. The first-order valence-electron chi connectivity index (χ1n) is 5.64. The number of nitrogens with one attached hydrogen (secondary N) is 1. The summed E-state index contributed by atoms with van der Waals surface area (Å²) in [5, 5.41) is 10.8. The predicted octanol–water partition coefficient (Wildman–Crippen LogP) is 1.29. The fourth-order valence-electron chi connectivity index (χ4n) is 1.82. The van der Waals surface area contributed by atoms with Gasteiger partial charge in [-0.1, -0.05) is 12.1 Å². The molecule has 1 aromatic carbocycles. The summed E-state index contributed by atoms with van der Waals surface area (Å²) < 4.78 is 5.29. The van der Waals surface area contributed by atoms with Crippen LogP contribution in [0.5, 0.6) is 0 Å². The first-order valence-corrected chi connectivity index (χ1v) is 5.64. The van der Waals surface area contributed by atoms with Gasteiger partial charge in [0.2, 0.25) is 0 Å². The molecule has 0 aromatic heterocycles. The third kappa shape index (κ3) is 3.35. The van der Waals surface area contributed by atoms with E-state index in [0.29, 0.717) is 6.54 Å². The molecule has 1 aromatic rings. The maximum absolute atomic E-state index is 10.4. The Morgan fingerprint density at radius 1 is 1.29 bits per heavy atom. The van der Waals surface area contributed by atoms with Crippen LogP contribution >= 0.6 is 0 Å². The number of benzene rings is 1. The summed E-state index contributed by atoms with van der Waals surface area (Å²) in [5.74, 6) is 0. The van der Waals surface area contributed by atoms with Crippen LogP contribution in [0.4, 0.5) is 10.5 Å².